The van der Waals surface area contributed by atoms with E-state index in [9.17, 15) is 4.79 Å². The predicted molar refractivity (Wildman–Crippen MR) is 77.4 cm³/mol. The summed E-state index contributed by atoms with van der Waals surface area (Å²) in [5.74, 6) is -0.113. The number of anilines is 1. The van der Waals surface area contributed by atoms with Crippen LogP contribution in [0.15, 0.2) is 45.6 Å². The number of para-hydroxylation sites is 1. The number of aromatic nitrogens is 2. The highest BCUT2D eigenvalue weighted by Gasteiger charge is 2.16. The summed E-state index contributed by atoms with van der Waals surface area (Å²) in [6.45, 7) is 1.80. The summed E-state index contributed by atoms with van der Waals surface area (Å²) in [5.41, 5.74) is 0.751. The minimum atomic E-state index is -0.372. The van der Waals surface area contributed by atoms with Gasteiger partial charge in [0.05, 0.1) is 16.4 Å². The van der Waals surface area contributed by atoms with Gasteiger partial charge in [0.15, 0.2) is 0 Å². The molecule has 2 rings (SSSR count). The van der Waals surface area contributed by atoms with Gasteiger partial charge in [0, 0.05) is 10.7 Å². The van der Waals surface area contributed by atoms with Crippen molar-refractivity contribution in [2.75, 3.05) is 5.32 Å². The van der Waals surface area contributed by atoms with Crippen LogP contribution < -0.4 is 5.32 Å². The van der Waals surface area contributed by atoms with Crippen LogP contribution in [0, 0.1) is 0 Å². The number of carbonyl (C=O) groups excluding carboxylic acids is 1. The predicted octanol–water partition coefficient (Wildman–Crippen LogP) is 3.61. The average Bonchev–Trinajstić information content (AvgIpc) is 2.78. The van der Waals surface area contributed by atoms with E-state index in [1.165, 1.54) is 0 Å². The van der Waals surface area contributed by atoms with Gasteiger partial charge in [0.1, 0.15) is 6.04 Å². The lowest BCUT2D eigenvalue weighted by molar-refractivity contribution is -0.119. The second-order valence-electron chi connectivity index (χ2n) is 3.78. The first-order valence-electron chi connectivity index (χ1n) is 5.33. The fraction of sp³-hybridized carbons (Fsp3) is 0.167. The zero-order chi connectivity index (χ0) is 13.1. The lowest BCUT2D eigenvalue weighted by atomic mass is 10.3. The smallest absolute Gasteiger partial charge is 0.248 e. The quantitative estimate of drug-likeness (QED) is 0.894. The monoisotopic (exact) mass is 371 g/mol. The van der Waals surface area contributed by atoms with Gasteiger partial charge < -0.3 is 5.32 Å². The number of amides is 1. The van der Waals surface area contributed by atoms with E-state index < -0.39 is 0 Å². The first-order valence-corrected chi connectivity index (χ1v) is 6.91. The number of nitrogens with one attached hydrogen (secondary N) is 1. The van der Waals surface area contributed by atoms with Gasteiger partial charge in [-0.05, 0) is 50.9 Å². The van der Waals surface area contributed by atoms with Crippen molar-refractivity contribution in [1.29, 1.82) is 0 Å². The van der Waals surface area contributed by atoms with Crippen LogP contribution in [-0.4, -0.2) is 15.7 Å². The van der Waals surface area contributed by atoms with E-state index in [-0.39, 0.29) is 11.9 Å². The maximum absolute atomic E-state index is 12.1. The molecule has 0 radical (unpaired) electrons. The summed E-state index contributed by atoms with van der Waals surface area (Å²) in [4.78, 5) is 12.1. The van der Waals surface area contributed by atoms with Crippen LogP contribution in [0.2, 0.25) is 0 Å². The molecular formula is C12H11Br2N3O. The molecular weight excluding hydrogens is 362 g/mol. The normalized spacial score (nSPS) is 12.2. The van der Waals surface area contributed by atoms with Gasteiger partial charge in [-0.15, -0.1) is 0 Å². The molecule has 1 N–H and O–H groups in total. The highest BCUT2D eigenvalue weighted by Crippen LogP contribution is 2.22. The Bertz CT molecular complexity index is 568. The number of carbonyl (C=O) groups is 1. The minimum Gasteiger partial charge on any atom is -0.323 e. The molecule has 0 aliphatic heterocycles. The third-order valence-corrected chi connectivity index (χ3v) is 3.58. The molecule has 2 aromatic rings. The van der Waals surface area contributed by atoms with Crippen molar-refractivity contribution >= 4 is 43.5 Å². The molecule has 4 nitrogen and oxygen atoms in total. The van der Waals surface area contributed by atoms with Crippen LogP contribution in [0.5, 0.6) is 0 Å². The van der Waals surface area contributed by atoms with E-state index in [1.807, 2.05) is 24.3 Å². The molecule has 0 spiro atoms. The summed E-state index contributed by atoms with van der Waals surface area (Å²) in [7, 11) is 0. The van der Waals surface area contributed by atoms with Crippen molar-refractivity contribution in [1.82, 2.24) is 9.78 Å². The largest absolute Gasteiger partial charge is 0.323 e. The van der Waals surface area contributed by atoms with Gasteiger partial charge >= 0.3 is 0 Å². The Hall–Kier alpha value is -1.14. The summed E-state index contributed by atoms with van der Waals surface area (Å²) in [6, 6.07) is 7.12. The second-order valence-corrected chi connectivity index (χ2v) is 5.55. The molecule has 1 aromatic heterocycles. The summed E-state index contributed by atoms with van der Waals surface area (Å²) in [5, 5.41) is 6.95. The van der Waals surface area contributed by atoms with Crippen LogP contribution >= 0.6 is 31.9 Å². The van der Waals surface area contributed by atoms with Gasteiger partial charge in [-0.25, -0.2) is 0 Å². The van der Waals surface area contributed by atoms with E-state index in [1.54, 1.807) is 24.0 Å². The van der Waals surface area contributed by atoms with Crippen LogP contribution in [0.4, 0.5) is 5.69 Å². The molecule has 1 unspecified atom stereocenters. The highest BCUT2D eigenvalue weighted by atomic mass is 79.9. The van der Waals surface area contributed by atoms with Crippen molar-refractivity contribution in [3.05, 3.63) is 45.6 Å². The maximum Gasteiger partial charge on any atom is 0.248 e. The lowest BCUT2D eigenvalue weighted by Crippen LogP contribution is -2.24. The van der Waals surface area contributed by atoms with E-state index in [4.69, 9.17) is 0 Å². The van der Waals surface area contributed by atoms with Crippen molar-refractivity contribution in [3.8, 4) is 0 Å². The number of nitrogens with zero attached hydrogens (tertiary/aromatic N) is 2. The fourth-order valence-corrected chi connectivity index (χ4v) is 2.13. The molecule has 6 heteroatoms. The third kappa shape index (κ3) is 3.00. The zero-order valence-electron chi connectivity index (χ0n) is 9.60. The molecule has 1 amide bonds. The molecule has 0 aliphatic carbocycles. The molecule has 1 heterocycles. The number of benzene rings is 1. The standard InChI is InChI=1S/C12H11Br2N3O/c1-8(17-7-9(13)6-15-17)12(18)16-11-5-3-2-4-10(11)14/h2-8H,1H3,(H,16,18). The molecule has 0 fully saturated rings. The van der Waals surface area contributed by atoms with Gasteiger partial charge in [0.2, 0.25) is 5.91 Å². The van der Waals surface area contributed by atoms with Gasteiger partial charge in [-0.1, -0.05) is 12.1 Å². The zero-order valence-corrected chi connectivity index (χ0v) is 12.8. The van der Waals surface area contributed by atoms with Crippen molar-refractivity contribution in [2.24, 2.45) is 0 Å². The molecule has 0 saturated carbocycles. The highest BCUT2D eigenvalue weighted by molar-refractivity contribution is 9.10. The van der Waals surface area contributed by atoms with Crippen LogP contribution in [0.25, 0.3) is 0 Å². The SMILES string of the molecule is CC(C(=O)Nc1ccccc1Br)n1cc(Br)cn1. The molecule has 1 atom stereocenters. The van der Waals surface area contributed by atoms with Gasteiger partial charge in [0.25, 0.3) is 0 Å². The summed E-state index contributed by atoms with van der Waals surface area (Å²) < 4.78 is 3.31. The Morgan fingerprint density at radius 1 is 1.39 bits per heavy atom. The molecule has 18 heavy (non-hydrogen) atoms. The minimum absolute atomic E-state index is 0.113. The Morgan fingerprint density at radius 3 is 2.72 bits per heavy atom. The number of rotatable bonds is 3. The second kappa shape index (κ2) is 5.67. The fourth-order valence-electron chi connectivity index (χ4n) is 1.45. The first kappa shape index (κ1) is 13.3. The number of hydrogen-bond donors (Lipinski definition) is 1. The van der Waals surface area contributed by atoms with Crippen molar-refractivity contribution in [3.63, 3.8) is 0 Å². The van der Waals surface area contributed by atoms with E-state index in [2.05, 4.69) is 42.3 Å². The summed E-state index contributed by atoms with van der Waals surface area (Å²) >= 11 is 6.70. The molecule has 0 aliphatic rings. The number of halogens is 2. The van der Waals surface area contributed by atoms with Gasteiger partial charge in [-0.3, -0.25) is 9.48 Å². The first-order chi connectivity index (χ1) is 8.58. The summed E-state index contributed by atoms with van der Waals surface area (Å²) in [6.07, 6.45) is 3.42. The number of hydrogen-bond acceptors (Lipinski definition) is 2. The van der Waals surface area contributed by atoms with E-state index in [0.29, 0.717) is 0 Å². The Morgan fingerprint density at radius 2 is 2.11 bits per heavy atom. The van der Waals surface area contributed by atoms with E-state index >= 15 is 0 Å². The average molecular weight is 373 g/mol. The topological polar surface area (TPSA) is 46.9 Å². The van der Waals surface area contributed by atoms with Crippen LogP contribution in [-0.2, 0) is 4.79 Å². The van der Waals surface area contributed by atoms with Crippen LogP contribution in [0.1, 0.15) is 13.0 Å². The van der Waals surface area contributed by atoms with Crippen molar-refractivity contribution in [2.45, 2.75) is 13.0 Å². The Labute approximate surface area is 122 Å². The molecule has 0 bridgehead atoms. The molecule has 0 saturated heterocycles. The Balaban J connectivity index is 2.11. The van der Waals surface area contributed by atoms with Gasteiger partial charge in [-0.2, -0.15) is 5.10 Å². The lowest BCUT2D eigenvalue weighted by Gasteiger charge is -2.13. The van der Waals surface area contributed by atoms with E-state index in [0.717, 1.165) is 14.6 Å². The van der Waals surface area contributed by atoms with Crippen LogP contribution in [0.3, 0.4) is 0 Å². The van der Waals surface area contributed by atoms with Crippen molar-refractivity contribution < 1.29 is 4.79 Å². The molecule has 1 aromatic carbocycles. The third-order valence-electron chi connectivity index (χ3n) is 2.48. The Kier molecular flexibility index (Phi) is 4.19. The molecule has 94 valence electrons. The maximum atomic E-state index is 12.1.